The van der Waals surface area contributed by atoms with Crippen LogP contribution in [0.15, 0.2) is 27.1 Å². The Hall–Kier alpha value is -1.29. The lowest BCUT2D eigenvalue weighted by Gasteiger charge is -2.32. The molecule has 2 heterocycles. The zero-order valence-corrected chi connectivity index (χ0v) is 13.4. The molecule has 106 valence electrons. The summed E-state index contributed by atoms with van der Waals surface area (Å²) in [5, 5.41) is 1.01. The van der Waals surface area contributed by atoms with E-state index in [1.807, 2.05) is 30.0 Å². The SMILES string of the molecule is Cc1c(C(=O)N2CCCCC2C)oc2ccc(Br)cc12. The highest BCUT2D eigenvalue weighted by molar-refractivity contribution is 9.10. The van der Waals surface area contributed by atoms with Crippen LogP contribution >= 0.6 is 15.9 Å². The first kappa shape index (κ1) is 13.7. The lowest BCUT2D eigenvalue weighted by atomic mass is 10.0. The van der Waals surface area contributed by atoms with Crippen LogP contribution in [0.2, 0.25) is 0 Å². The van der Waals surface area contributed by atoms with Crippen molar-refractivity contribution in [2.75, 3.05) is 6.54 Å². The molecule has 1 unspecified atom stereocenters. The Labute approximate surface area is 127 Å². The van der Waals surface area contributed by atoms with Crippen LogP contribution in [0.3, 0.4) is 0 Å². The second-order valence-electron chi connectivity index (χ2n) is 5.54. The molecule has 0 aliphatic carbocycles. The van der Waals surface area contributed by atoms with E-state index in [9.17, 15) is 4.79 Å². The molecule has 0 N–H and O–H groups in total. The van der Waals surface area contributed by atoms with Gasteiger partial charge in [-0.2, -0.15) is 0 Å². The minimum atomic E-state index is 0.0297. The number of halogens is 1. The number of carbonyl (C=O) groups is 1. The number of rotatable bonds is 1. The van der Waals surface area contributed by atoms with E-state index in [2.05, 4.69) is 22.9 Å². The van der Waals surface area contributed by atoms with E-state index in [0.717, 1.165) is 40.4 Å². The molecule has 20 heavy (non-hydrogen) atoms. The highest BCUT2D eigenvalue weighted by Gasteiger charge is 2.28. The van der Waals surface area contributed by atoms with Gasteiger partial charge in [-0.15, -0.1) is 0 Å². The zero-order valence-electron chi connectivity index (χ0n) is 11.8. The van der Waals surface area contributed by atoms with Gasteiger partial charge in [-0.05, 0) is 51.3 Å². The molecule has 1 amide bonds. The van der Waals surface area contributed by atoms with E-state index >= 15 is 0 Å². The molecule has 4 heteroatoms. The molecular weight excluding hydrogens is 318 g/mol. The molecule has 3 rings (SSSR count). The number of piperidine rings is 1. The van der Waals surface area contributed by atoms with Crippen LogP contribution in [0.4, 0.5) is 0 Å². The standard InChI is InChI=1S/C16H18BrNO2/c1-10-5-3-4-8-18(10)16(19)15-11(2)13-9-12(17)6-7-14(13)20-15/h6-7,9-10H,3-5,8H2,1-2H3. The number of likely N-dealkylation sites (tertiary alicyclic amines) is 1. The van der Waals surface area contributed by atoms with Crippen LogP contribution in [0.25, 0.3) is 11.0 Å². The van der Waals surface area contributed by atoms with Crippen LogP contribution in [0, 0.1) is 6.92 Å². The maximum atomic E-state index is 12.7. The van der Waals surface area contributed by atoms with E-state index in [0.29, 0.717) is 11.8 Å². The normalized spacial score (nSPS) is 19.6. The fourth-order valence-electron chi connectivity index (χ4n) is 2.93. The number of furan rings is 1. The summed E-state index contributed by atoms with van der Waals surface area (Å²) in [7, 11) is 0. The molecular formula is C16H18BrNO2. The van der Waals surface area contributed by atoms with Gasteiger partial charge >= 0.3 is 0 Å². The van der Waals surface area contributed by atoms with E-state index in [1.54, 1.807) is 0 Å². The minimum Gasteiger partial charge on any atom is -0.451 e. The molecule has 1 aliphatic rings. The molecule has 2 aromatic rings. The summed E-state index contributed by atoms with van der Waals surface area (Å²) >= 11 is 3.46. The first-order valence-electron chi connectivity index (χ1n) is 7.07. The van der Waals surface area contributed by atoms with Gasteiger partial charge in [0.25, 0.3) is 5.91 Å². The maximum absolute atomic E-state index is 12.7. The Kier molecular flexibility index (Phi) is 3.59. The zero-order chi connectivity index (χ0) is 14.3. The summed E-state index contributed by atoms with van der Waals surface area (Å²) in [5.74, 6) is 0.522. The second-order valence-corrected chi connectivity index (χ2v) is 6.46. The summed E-state index contributed by atoms with van der Waals surface area (Å²) in [5.41, 5.74) is 1.71. The number of benzene rings is 1. The molecule has 0 radical (unpaired) electrons. The van der Waals surface area contributed by atoms with Crippen molar-refractivity contribution < 1.29 is 9.21 Å². The van der Waals surface area contributed by atoms with Gasteiger partial charge in [-0.1, -0.05) is 15.9 Å². The highest BCUT2D eigenvalue weighted by Crippen LogP contribution is 2.30. The Bertz CT molecular complexity index is 662. The number of carbonyl (C=O) groups excluding carboxylic acids is 1. The van der Waals surface area contributed by atoms with Crippen molar-refractivity contribution in [1.29, 1.82) is 0 Å². The monoisotopic (exact) mass is 335 g/mol. The van der Waals surface area contributed by atoms with E-state index in [1.165, 1.54) is 6.42 Å². The molecule has 1 atom stereocenters. The van der Waals surface area contributed by atoms with Gasteiger partial charge in [-0.3, -0.25) is 4.79 Å². The third kappa shape index (κ3) is 2.26. The number of hydrogen-bond acceptors (Lipinski definition) is 2. The molecule has 3 nitrogen and oxygen atoms in total. The summed E-state index contributed by atoms with van der Waals surface area (Å²) in [6, 6.07) is 6.15. The molecule has 1 fully saturated rings. The summed E-state index contributed by atoms with van der Waals surface area (Å²) in [6.07, 6.45) is 3.37. The van der Waals surface area contributed by atoms with Crippen LogP contribution in [0.1, 0.15) is 42.3 Å². The lowest BCUT2D eigenvalue weighted by molar-refractivity contribution is 0.0604. The van der Waals surface area contributed by atoms with Gasteiger partial charge in [0, 0.05) is 28.0 Å². The summed E-state index contributed by atoms with van der Waals surface area (Å²) < 4.78 is 6.80. The van der Waals surface area contributed by atoms with Crippen molar-refractivity contribution in [3.05, 3.63) is 34.0 Å². The van der Waals surface area contributed by atoms with Crippen molar-refractivity contribution in [2.45, 2.75) is 39.2 Å². The smallest absolute Gasteiger partial charge is 0.290 e. The van der Waals surface area contributed by atoms with Gasteiger partial charge < -0.3 is 9.32 Å². The minimum absolute atomic E-state index is 0.0297. The largest absolute Gasteiger partial charge is 0.451 e. The lowest BCUT2D eigenvalue weighted by Crippen LogP contribution is -2.42. The first-order valence-corrected chi connectivity index (χ1v) is 7.87. The molecule has 1 aromatic carbocycles. The number of amides is 1. The average molecular weight is 336 g/mol. The van der Waals surface area contributed by atoms with Gasteiger partial charge in [0.2, 0.25) is 0 Å². The van der Waals surface area contributed by atoms with Crippen LogP contribution in [-0.4, -0.2) is 23.4 Å². The Morgan fingerprint density at radius 1 is 1.40 bits per heavy atom. The molecule has 0 bridgehead atoms. The summed E-state index contributed by atoms with van der Waals surface area (Å²) in [6.45, 7) is 4.91. The van der Waals surface area contributed by atoms with Crippen molar-refractivity contribution in [3.8, 4) is 0 Å². The van der Waals surface area contributed by atoms with E-state index in [-0.39, 0.29) is 5.91 Å². The molecule has 0 saturated carbocycles. The number of nitrogens with zero attached hydrogens (tertiary/aromatic N) is 1. The van der Waals surface area contributed by atoms with E-state index < -0.39 is 0 Å². The van der Waals surface area contributed by atoms with Crippen molar-refractivity contribution >= 4 is 32.8 Å². The van der Waals surface area contributed by atoms with Crippen LogP contribution in [-0.2, 0) is 0 Å². The van der Waals surface area contributed by atoms with Gasteiger partial charge in [0.1, 0.15) is 5.58 Å². The number of hydrogen-bond donors (Lipinski definition) is 0. The molecule has 1 saturated heterocycles. The average Bonchev–Trinajstić information content (AvgIpc) is 2.76. The van der Waals surface area contributed by atoms with Gasteiger partial charge in [0.15, 0.2) is 5.76 Å². The van der Waals surface area contributed by atoms with Gasteiger partial charge in [0.05, 0.1) is 0 Å². The quantitative estimate of drug-likeness (QED) is 0.767. The molecule has 0 spiro atoms. The Morgan fingerprint density at radius 2 is 2.20 bits per heavy atom. The van der Waals surface area contributed by atoms with Crippen LogP contribution in [0.5, 0.6) is 0 Å². The predicted molar refractivity (Wildman–Crippen MR) is 83.0 cm³/mol. The maximum Gasteiger partial charge on any atom is 0.290 e. The predicted octanol–water partition coefficient (Wildman–Crippen LogP) is 4.52. The fraction of sp³-hybridized carbons (Fsp3) is 0.438. The third-order valence-corrected chi connectivity index (χ3v) is 4.65. The second kappa shape index (κ2) is 5.24. The Morgan fingerprint density at radius 3 is 2.95 bits per heavy atom. The molecule has 1 aliphatic heterocycles. The van der Waals surface area contributed by atoms with Crippen molar-refractivity contribution in [3.63, 3.8) is 0 Å². The summed E-state index contributed by atoms with van der Waals surface area (Å²) in [4.78, 5) is 14.7. The third-order valence-electron chi connectivity index (χ3n) is 4.16. The molecule has 1 aromatic heterocycles. The first-order chi connectivity index (χ1) is 9.58. The number of aryl methyl sites for hydroxylation is 1. The fourth-order valence-corrected chi connectivity index (χ4v) is 3.29. The van der Waals surface area contributed by atoms with Gasteiger partial charge in [-0.25, -0.2) is 0 Å². The topological polar surface area (TPSA) is 33.5 Å². The highest BCUT2D eigenvalue weighted by atomic mass is 79.9. The van der Waals surface area contributed by atoms with E-state index in [4.69, 9.17) is 4.42 Å². The van der Waals surface area contributed by atoms with Crippen molar-refractivity contribution in [1.82, 2.24) is 4.90 Å². The van der Waals surface area contributed by atoms with Crippen LogP contribution < -0.4 is 0 Å². The number of fused-ring (bicyclic) bond motifs is 1. The Balaban J connectivity index is 2.01. The van der Waals surface area contributed by atoms with Crippen molar-refractivity contribution in [2.24, 2.45) is 0 Å².